The van der Waals surface area contributed by atoms with E-state index in [2.05, 4.69) is 20.5 Å². The van der Waals surface area contributed by atoms with Gasteiger partial charge in [0.25, 0.3) is 0 Å². The van der Waals surface area contributed by atoms with Gasteiger partial charge in [0.2, 0.25) is 0 Å². The lowest BCUT2D eigenvalue weighted by Gasteiger charge is -2.22. The number of H-pyrrole nitrogens is 1. The topological polar surface area (TPSA) is 87.7 Å². The van der Waals surface area contributed by atoms with Crippen molar-refractivity contribution in [2.45, 2.75) is 57.6 Å². The molecule has 144 valence electrons. The van der Waals surface area contributed by atoms with Gasteiger partial charge in [-0.1, -0.05) is 6.92 Å². The Morgan fingerprint density at radius 3 is 2.44 bits per heavy atom. The van der Waals surface area contributed by atoms with E-state index in [1.54, 1.807) is 33.0 Å². The molecule has 0 spiro atoms. The molecule has 0 amide bonds. The van der Waals surface area contributed by atoms with E-state index in [0.29, 0.717) is 11.3 Å². The number of sulfone groups is 1. The van der Waals surface area contributed by atoms with Gasteiger partial charge < -0.3 is 5.32 Å². The SMILES string of the molecule is CCc1cc2nccc(Nc3n[nH]c(C)c3C)c2cc1S(=O)(=O)C(C)(C)C. The Hall–Kier alpha value is -2.41. The zero-order chi connectivity index (χ0) is 20.0. The summed E-state index contributed by atoms with van der Waals surface area (Å²) in [4.78, 5) is 4.81. The summed E-state index contributed by atoms with van der Waals surface area (Å²) in [5, 5.41) is 11.3. The Morgan fingerprint density at radius 1 is 1.19 bits per heavy atom. The number of nitrogens with zero attached hydrogens (tertiary/aromatic N) is 2. The van der Waals surface area contributed by atoms with Gasteiger partial charge in [-0.25, -0.2) is 8.42 Å². The van der Waals surface area contributed by atoms with Gasteiger partial charge in [0, 0.05) is 22.8 Å². The average Bonchev–Trinajstić information content (AvgIpc) is 2.92. The van der Waals surface area contributed by atoms with E-state index in [9.17, 15) is 8.42 Å². The highest BCUT2D eigenvalue weighted by Gasteiger charge is 2.33. The number of rotatable bonds is 4. The highest BCUT2D eigenvalue weighted by atomic mass is 32.2. The van der Waals surface area contributed by atoms with Crippen molar-refractivity contribution in [3.05, 3.63) is 41.2 Å². The Labute approximate surface area is 160 Å². The molecule has 3 aromatic rings. The number of fused-ring (bicyclic) bond motifs is 1. The molecule has 0 bridgehead atoms. The first kappa shape index (κ1) is 19.4. The van der Waals surface area contributed by atoms with Crippen LogP contribution >= 0.6 is 0 Å². The van der Waals surface area contributed by atoms with Gasteiger partial charge in [-0.15, -0.1) is 0 Å². The lowest BCUT2D eigenvalue weighted by atomic mass is 10.1. The van der Waals surface area contributed by atoms with E-state index >= 15 is 0 Å². The van der Waals surface area contributed by atoms with Crippen molar-refractivity contribution in [2.75, 3.05) is 5.32 Å². The molecule has 2 N–H and O–H groups in total. The first-order valence-corrected chi connectivity index (χ1v) is 10.5. The number of anilines is 2. The van der Waals surface area contributed by atoms with Crippen molar-refractivity contribution in [3.8, 4) is 0 Å². The molecule has 0 unspecified atom stereocenters. The lowest BCUT2D eigenvalue weighted by molar-refractivity contribution is 0.559. The minimum atomic E-state index is -3.48. The number of benzene rings is 1. The second-order valence-corrected chi connectivity index (χ2v) is 10.4. The van der Waals surface area contributed by atoms with Crippen molar-refractivity contribution >= 4 is 32.2 Å². The van der Waals surface area contributed by atoms with Gasteiger partial charge in [-0.05, 0) is 64.8 Å². The molecule has 0 aliphatic rings. The first-order valence-electron chi connectivity index (χ1n) is 9.01. The monoisotopic (exact) mass is 386 g/mol. The minimum absolute atomic E-state index is 0.371. The summed E-state index contributed by atoms with van der Waals surface area (Å²) in [6.45, 7) is 11.1. The number of aromatic amines is 1. The summed E-state index contributed by atoms with van der Waals surface area (Å²) in [6, 6.07) is 5.46. The van der Waals surface area contributed by atoms with E-state index in [0.717, 1.165) is 39.2 Å². The number of aryl methyl sites for hydroxylation is 2. The third-order valence-corrected chi connectivity index (χ3v) is 7.48. The third kappa shape index (κ3) is 3.32. The normalized spacial score (nSPS) is 12.5. The molecule has 0 atom stereocenters. The maximum atomic E-state index is 13.1. The van der Waals surface area contributed by atoms with E-state index < -0.39 is 14.6 Å². The summed E-state index contributed by atoms with van der Waals surface area (Å²) in [7, 11) is -3.48. The van der Waals surface area contributed by atoms with Crippen LogP contribution in [0.3, 0.4) is 0 Å². The fourth-order valence-corrected chi connectivity index (χ4v) is 4.40. The maximum absolute atomic E-state index is 13.1. The summed E-state index contributed by atoms with van der Waals surface area (Å²) in [5.41, 5.74) is 4.33. The summed E-state index contributed by atoms with van der Waals surface area (Å²) in [5.74, 6) is 0.722. The lowest BCUT2D eigenvalue weighted by Crippen LogP contribution is -2.28. The molecule has 0 saturated heterocycles. The molecule has 6 nitrogen and oxygen atoms in total. The molecule has 2 heterocycles. The first-order chi connectivity index (χ1) is 12.6. The molecular weight excluding hydrogens is 360 g/mol. The molecule has 0 saturated carbocycles. The number of nitrogens with one attached hydrogen (secondary N) is 2. The predicted octanol–water partition coefficient (Wildman–Crippen LogP) is 4.45. The van der Waals surface area contributed by atoms with Crippen molar-refractivity contribution in [1.82, 2.24) is 15.2 Å². The Balaban J connectivity index is 2.23. The van der Waals surface area contributed by atoms with Crippen LogP contribution < -0.4 is 5.32 Å². The zero-order valence-electron chi connectivity index (χ0n) is 16.6. The Morgan fingerprint density at radius 2 is 1.89 bits per heavy atom. The number of hydrogen-bond donors (Lipinski definition) is 2. The van der Waals surface area contributed by atoms with Crippen molar-refractivity contribution in [3.63, 3.8) is 0 Å². The van der Waals surface area contributed by atoms with Crippen LogP contribution in [-0.2, 0) is 16.3 Å². The maximum Gasteiger partial charge on any atom is 0.183 e. The molecule has 0 aliphatic carbocycles. The van der Waals surface area contributed by atoms with Crippen molar-refractivity contribution in [2.24, 2.45) is 0 Å². The van der Waals surface area contributed by atoms with Gasteiger partial charge in [-0.3, -0.25) is 10.1 Å². The number of pyridine rings is 1. The molecule has 27 heavy (non-hydrogen) atoms. The van der Waals surface area contributed by atoms with Crippen LogP contribution in [-0.4, -0.2) is 28.3 Å². The molecular formula is C20H26N4O2S. The van der Waals surface area contributed by atoms with E-state index in [1.807, 2.05) is 32.9 Å². The van der Waals surface area contributed by atoms with Gasteiger partial charge >= 0.3 is 0 Å². The summed E-state index contributed by atoms with van der Waals surface area (Å²) < 4.78 is 25.4. The van der Waals surface area contributed by atoms with E-state index in [1.165, 1.54) is 0 Å². The fourth-order valence-electron chi connectivity index (χ4n) is 2.92. The Kier molecular flexibility index (Phi) is 4.76. The fraction of sp³-hybridized carbons (Fsp3) is 0.400. The van der Waals surface area contributed by atoms with Crippen LogP contribution in [0.25, 0.3) is 10.9 Å². The highest BCUT2D eigenvalue weighted by molar-refractivity contribution is 7.92. The molecule has 7 heteroatoms. The summed E-state index contributed by atoms with van der Waals surface area (Å²) >= 11 is 0. The zero-order valence-corrected chi connectivity index (χ0v) is 17.5. The van der Waals surface area contributed by atoms with Crippen LogP contribution in [0.15, 0.2) is 29.3 Å². The van der Waals surface area contributed by atoms with Crippen LogP contribution in [0.4, 0.5) is 11.5 Å². The number of hydrogen-bond acceptors (Lipinski definition) is 5. The summed E-state index contributed by atoms with van der Waals surface area (Å²) in [6.07, 6.45) is 2.34. The highest BCUT2D eigenvalue weighted by Crippen LogP contribution is 2.34. The average molecular weight is 387 g/mol. The molecule has 2 aromatic heterocycles. The molecule has 3 rings (SSSR count). The largest absolute Gasteiger partial charge is 0.338 e. The van der Waals surface area contributed by atoms with Crippen molar-refractivity contribution in [1.29, 1.82) is 0 Å². The van der Waals surface area contributed by atoms with Gasteiger partial charge in [0.05, 0.1) is 20.8 Å². The minimum Gasteiger partial charge on any atom is -0.338 e. The standard InChI is InChI=1S/C20H26N4O2S/c1-7-14-10-17-15(11-18(14)27(25,26)20(4,5)6)16(8-9-21-17)22-19-12(2)13(3)23-24-19/h8-11H,7H2,1-6H3,(H2,21,22,23,24). The van der Waals surface area contributed by atoms with Crippen LogP contribution in [0.1, 0.15) is 44.5 Å². The Bertz CT molecular complexity index is 1110. The van der Waals surface area contributed by atoms with E-state index in [4.69, 9.17) is 0 Å². The number of aromatic nitrogens is 3. The van der Waals surface area contributed by atoms with Gasteiger partial charge in [-0.2, -0.15) is 5.10 Å². The van der Waals surface area contributed by atoms with E-state index in [-0.39, 0.29) is 0 Å². The molecule has 0 radical (unpaired) electrons. The molecule has 1 aromatic carbocycles. The van der Waals surface area contributed by atoms with Crippen LogP contribution in [0.2, 0.25) is 0 Å². The van der Waals surface area contributed by atoms with Gasteiger partial charge in [0.15, 0.2) is 15.7 Å². The van der Waals surface area contributed by atoms with Crippen molar-refractivity contribution < 1.29 is 8.42 Å². The predicted molar refractivity (Wildman–Crippen MR) is 109 cm³/mol. The van der Waals surface area contributed by atoms with Gasteiger partial charge in [0.1, 0.15) is 0 Å². The molecule has 0 aliphatic heterocycles. The van der Waals surface area contributed by atoms with Crippen LogP contribution in [0.5, 0.6) is 0 Å². The molecule has 0 fully saturated rings. The smallest absolute Gasteiger partial charge is 0.183 e. The van der Waals surface area contributed by atoms with Crippen LogP contribution in [0, 0.1) is 13.8 Å². The quantitative estimate of drug-likeness (QED) is 0.691. The second kappa shape index (κ2) is 6.64. The third-order valence-electron chi connectivity index (χ3n) is 4.91. The second-order valence-electron chi connectivity index (χ2n) is 7.75.